The standard InChI is InChI=1S/C16H19NO/c1-16(2,3)18-15-11-9-14(10-12-15)17-13-7-5-4-6-8-13/h4-12,17H,1-3H3. The van der Waals surface area contributed by atoms with Gasteiger partial charge in [-0.05, 0) is 57.2 Å². The number of benzene rings is 2. The van der Waals surface area contributed by atoms with E-state index in [0.29, 0.717) is 0 Å². The van der Waals surface area contributed by atoms with Crippen LogP contribution in [-0.4, -0.2) is 5.60 Å². The van der Waals surface area contributed by atoms with Crippen LogP contribution in [0.25, 0.3) is 0 Å². The van der Waals surface area contributed by atoms with Crippen molar-refractivity contribution in [1.29, 1.82) is 0 Å². The molecule has 2 aromatic rings. The Balaban J connectivity index is 2.04. The molecule has 1 N–H and O–H groups in total. The molecule has 2 rings (SSSR count). The van der Waals surface area contributed by atoms with E-state index in [4.69, 9.17) is 4.74 Å². The quantitative estimate of drug-likeness (QED) is 0.847. The van der Waals surface area contributed by atoms with Gasteiger partial charge in [-0.3, -0.25) is 0 Å². The van der Waals surface area contributed by atoms with E-state index < -0.39 is 0 Å². The molecule has 0 spiro atoms. The largest absolute Gasteiger partial charge is 0.488 e. The number of hydrogen-bond donors (Lipinski definition) is 1. The lowest BCUT2D eigenvalue weighted by Crippen LogP contribution is -2.22. The number of hydrogen-bond acceptors (Lipinski definition) is 2. The zero-order chi connectivity index (χ0) is 13.0. The summed E-state index contributed by atoms with van der Waals surface area (Å²) in [6, 6.07) is 18.1. The minimum atomic E-state index is -0.158. The summed E-state index contributed by atoms with van der Waals surface area (Å²) >= 11 is 0. The molecule has 0 amide bonds. The number of ether oxygens (including phenoxy) is 1. The van der Waals surface area contributed by atoms with Crippen LogP contribution >= 0.6 is 0 Å². The van der Waals surface area contributed by atoms with E-state index in [-0.39, 0.29) is 5.60 Å². The van der Waals surface area contributed by atoms with Gasteiger partial charge in [0.05, 0.1) is 0 Å². The molecule has 0 radical (unpaired) electrons. The third-order valence-electron chi connectivity index (χ3n) is 2.34. The molecule has 0 aliphatic heterocycles. The first kappa shape index (κ1) is 12.5. The van der Waals surface area contributed by atoms with Crippen molar-refractivity contribution in [2.75, 3.05) is 5.32 Å². The predicted octanol–water partition coefficient (Wildman–Crippen LogP) is 4.61. The molecular formula is C16H19NO. The monoisotopic (exact) mass is 241 g/mol. The van der Waals surface area contributed by atoms with Crippen LogP contribution in [-0.2, 0) is 0 Å². The van der Waals surface area contributed by atoms with E-state index in [9.17, 15) is 0 Å². The zero-order valence-corrected chi connectivity index (χ0v) is 11.1. The summed E-state index contributed by atoms with van der Waals surface area (Å²) < 4.78 is 5.78. The highest BCUT2D eigenvalue weighted by Gasteiger charge is 2.11. The van der Waals surface area contributed by atoms with Gasteiger partial charge in [0.15, 0.2) is 0 Å². The summed E-state index contributed by atoms with van der Waals surface area (Å²) in [7, 11) is 0. The van der Waals surface area contributed by atoms with E-state index >= 15 is 0 Å². The van der Waals surface area contributed by atoms with Gasteiger partial charge in [-0.1, -0.05) is 18.2 Å². The molecule has 0 atom stereocenters. The normalized spacial score (nSPS) is 11.1. The molecule has 0 saturated heterocycles. The lowest BCUT2D eigenvalue weighted by Gasteiger charge is -2.21. The summed E-state index contributed by atoms with van der Waals surface area (Å²) in [5.74, 6) is 0.890. The maximum Gasteiger partial charge on any atom is 0.120 e. The number of rotatable bonds is 3. The van der Waals surface area contributed by atoms with Crippen molar-refractivity contribution in [3.63, 3.8) is 0 Å². The van der Waals surface area contributed by atoms with E-state index in [1.165, 1.54) is 0 Å². The number of anilines is 2. The van der Waals surface area contributed by atoms with Gasteiger partial charge < -0.3 is 10.1 Å². The van der Waals surface area contributed by atoms with Crippen molar-refractivity contribution in [3.8, 4) is 5.75 Å². The van der Waals surface area contributed by atoms with Crippen molar-refractivity contribution in [1.82, 2.24) is 0 Å². The Morgan fingerprint density at radius 2 is 1.33 bits per heavy atom. The molecule has 18 heavy (non-hydrogen) atoms. The Bertz CT molecular complexity index is 483. The second kappa shape index (κ2) is 5.13. The van der Waals surface area contributed by atoms with Crippen molar-refractivity contribution >= 4 is 11.4 Å². The van der Waals surface area contributed by atoms with Gasteiger partial charge in [-0.15, -0.1) is 0 Å². The van der Waals surface area contributed by atoms with Gasteiger partial charge in [-0.25, -0.2) is 0 Å². The fourth-order valence-electron chi connectivity index (χ4n) is 1.65. The number of para-hydroxylation sites is 1. The summed E-state index contributed by atoms with van der Waals surface area (Å²) in [6.07, 6.45) is 0. The number of nitrogens with one attached hydrogen (secondary N) is 1. The maximum atomic E-state index is 5.78. The minimum Gasteiger partial charge on any atom is -0.488 e. The van der Waals surface area contributed by atoms with Crippen LogP contribution in [0.1, 0.15) is 20.8 Å². The SMILES string of the molecule is CC(C)(C)Oc1ccc(Nc2ccccc2)cc1. The Kier molecular flexibility index (Phi) is 3.56. The molecule has 0 aliphatic carbocycles. The van der Waals surface area contributed by atoms with E-state index in [1.807, 2.05) is 75.4 Å². The minimum absolute atomic E-state index is 0.158. The lowest BCUT2D eigenvalue weighted by atomic mass is 10.2. The van der Waals surface area contributed by atoms with Crippen molar-refractivity contribution < 1.29 is 4.74 Å². The molecular weight excluding hydrogens is 222 g/mol. The molecule has 0 unspecified atom stereocenters. The van der Waals surface area contributed by atoms with Crippen LogP contribution in [0.4, 0.5) is 11.4 Å². The molecule has 2 aromatic carbocycles. The molecule has 0 aliphatic rings. The Hall–Kier alpha value is -1.96. The van der Waals surface area contributed by atoms with Crippen molar-refractivity contribution in [2.45, 2.75) is 26.4 Å². The summed E-state index contributed by atoms with van der Waals surface area (Å²) in [5, 5.41) is 3.34. The lowest BCUT2D eigenvalue weighted by molar-refractivity contribution is 0.131. The highest BCUT2D eigenvalue weighted by Crippen LogP contribution is 2.22. The van der Waals surface area contributed by atoms with Crippen LogP contribution in [0.3, 0.4) is 0 Å². The van der Waals surface area contributed by atoms with Gasteiger partial charge in [0.2, 0.25) is 0 Å². The molecule has 0 fully saturated rings. The summed E-state index contributed by atoms with van der Waals surface area (Å²) in [6.45, 7) is 6.13. The van der Waals surface area contributed by atoms with E-state index in [1.54, 1.807) is 0 Å². The van der Waals surface area contributed by atoms with Crippen molar-refractivity contribution in [2.24, 2.45) is 0 Å². The second-order valence-corrected chi connectivity index (χ2v) is 5.23. The third kappa shape index (κ3) is 3.81. The molecule has 2 heteroatoms. The van der Waals surface area contributed by atoms with Crippen LogP contribution < -0.4 is 10.1 Å². The first-order valence-corrected chi connectivity index (χ1v) is 6.14. The zero-order valence-electron chi connectivity index (χ0n) is 11.1. The van der Waals surface area contributed by atoms with Gasteiger partial charge in [0.1, 0.15) is 11.4 Å². The van der Waals surface area contributed by atoms with Crippen LogP contribution in [0.2, 0.25) is 0 Å². The topological polar surface area (TPSA) is 21.3 Å². The van der Waals surface area contributed by atoms with Crippen LogP contribution in [0.5, 0.6) is 5.75 Å². The summed E-state index contributed by atoms with van der Waals surface area (Å²) in [4.78, 5) is 0. The van der Waals surface area contributed by atoms with Gasteiger partial charge in [-0.2, -0.15) is 0 Å². The first-order chi connectivity index (χ1) is 8.53. The Labute approximate surface area is 109 Å². The second-order valence-electron chi connectivity index (χ2n) is 5.23. The van der Waals surface area contributed by atoms with E-state index in [2.05, 4.69) is 5.32 Å². The van der Waals surface area contributed by atoms with Crippen molar-refractivity contribution in [3.05, 3.63) is 54.6 Å². The Morgan fingerprint density at radius 3 is 1.89 bits per heavy atom. The molecule has 2 nitrogen and oxygen atoms in total. The van der Waals surface area contributed by atoms with Crippen LogP contribution in [0, 0.1) is 0 Å². The van der Waals surface area contributed by atoms with Crippen LogP contribution in [0.15, 0.2) is 54.6 Å². The smallest absolute Gasteiger partial charge is 0.120 e. The summed E-state index contributed by atoms with van der Waals surface area (Å²) in [5.41, 5.74) is 1.98. The highest BCUT2D eigenvalue weighted by molar-refractivity contribution is 5.59. The van der Waals surface area contributed by atoms with Gasteiger partial charge in [0, 0.05) is 11.4 Å². The molecule has 0 saturated carbocycles. The Morgan fingerprint density at radius 1 is 0.778 bits per heavy atom. The molecule has 94 valence electrons. The van der Waals surface area contributed by atoms with Gasteiger partial charge >= 0.3 is 0 Å². The third-order valence-corrected chi connectivity index (χ3v) is 2.34. The predicted molar refractivity (Wildman–Crippen MR) is 76.5 cm³/mol. The fraction of sp³-hybridized carbons (Fsp3) is 0.250. The molecule has 0 heterocycles. The average molecular weight is 241 g/mol. The highest BCUT2D eigenvalue weighted by atomic mass is 16.5. The molecule has 0 bridgehead atoms. The fourth-order valence-corrected chi connectivity index (χ4v) is 1.65. The maximum absolute atomic E-state index is 5.78. The first-order valence-electron chi connectivity index (χ1n) is 6.14. The average Bonchev–Trinajstić information content (AvgIpc) is 2.31. The molecule has 0 aromatic heterocycles. The van der Waals surface area contributed by atoms with Gasteiger partial charge in [0.25, 0.3) is 0 Å². The van der Waals surface area contributed by atoms with E-state index in [0.717, 1.165) is 17.1 Å².